The second-order valence-electron chi connectivity index (χ2n) is 6.13. The highest BCUT2D eigenvalue weighted by Gasteiger charge is 2.48. The molecule has 0 spiro atoms. The fourth-order valence-electron chi connectivity index (χ4n) is 3.51. The molecule has 2 aliphatic rings. The van der Waals surface area contributed by atoms with Crippen molar-refractivity contribution in [1.82, 2.24) is 4.90 Å². The Morgan fingerprint density at radius 1 is 1.29 bits per heavy atom. The van der Waals surface area contributed by atoms with Crippen LogP contribution in [0.5, 0.6) is 0 Å². The molecule has 17 heavy (non-hydrogen) atoms. The highest BCUT2D eigenvalue weighted by atomic mass is 16.4. The van der Waals surface area contributed by atoms with Crippen molar-refractivity contribution >= 4 is 5.97 Å². The lowest BCUT2D eigenvalue weighted by molar-refractivity contribution is -0.151. The van der Waals surface area contributed by atoms with Crippen molar-refractivity contribution in [3.05, 3.63) is 0 Å². The van der Waals surface area contributed by atoms with E-state index in [1.807, 2.05) is 0 Å². The van der Waals surface area contributed by atoms with Crippen LogP contribution in [0.25, 0.3) is 0 Å². The number of rotatable bonds is 3. The smallest absolute Gasteiger partial charge is 0.311 e. The number of carboxylic acids is 1. The Morgan fingerprint density at radius 3 is 2.41 bits per heavy atom. The van der Waals surface area contributed by atoms with E-state index in [1.165, 1.54) is 32.1 Å². The van der Waals surface area contributed by atoms with Gasteiger partial charge in [-0.2, -0.15) is 0 Å². The summed E-state index contributed by atoms with van der Waals surface area (Å²) in [5.41, 5.74) is -0.489. The lowest BCUT2D eigenvalue weighted by atomic mass is 9.76. The van der Waals surface area contributed by atoms with E-state index >= 15 is 0 Å². The van der Waals surface area contributed by atoms with Crippen LogP contribution in [-0.2, 0) is 4.79 Å². The summed E-state index contributed by atoms with van der Waals surface area (Å²) in [5, 5.41) is 9.52. The molecule has 98 valence electrons. The first-order chi connectivity index (χ1) is 8.06. The Balaban J connectivity index is 2.03. The molecule has 0 radical (unpaired) electrons. The zero-order chi connectivity index (χ0) is 12.5. The third-order valence-corrected chi connectivity index (χ3v) is 4.95. The van der Waals surface area contributed by atoms with E-state index < -0.39 is 11.4 Å². The predicted molar refractivity (Wildman–Crippen MR) is 68.0 cm³/mol. The van der Waals surface area contributed by atoms with Crippen molar-refractivity contribution in [3.8, 4) is 0 Å². The third-order valence-electron chi connectivity index (χ3n) is 4.95. The molecule has 1 aliphatic heterocycles. The van der Waals surface area contributed by atoms with Crippen molar-refractivity contribution in [2.45, 2.75) is 58.4 Å². The summed E-state index contributed by atoms with van der Waals surface area (Å²) in [7, 11) is 0. The largest absolute Gasteiger partial charge is 0.481 e. The number of nitrogens with zero attached hydrogens (tertiary/aromatic N) is 1. The van der Waals surface area contributed by atoms with E-state index in [9.17, 15) is 9.90 Å². The van der Waals surface area contributed by atoms with Gasteiger partial charge in [-0.1, -0.05) is 33.1 Å². The van der Waals surface area contributed by atoms with Crippen molar-refractivity contribution in [1.29, 1.82) is 0 Å². The van der Waals surface area contributed by atoms with Gasteiger partial charge < -0.3 is 5.11 Å². The molecule has 1 heterocycles. The van der Waals surface area contributed by atoms with Crippen LogP contribution in [0, 0.1) is 11.3 Å². The minimum Gasteiger partial charge on any atom is -0.481 e. The van der Waals surface area contributed by atoms with Crippen molar-refractivity contribution in [2.24, 2.45) is 11.3 Å². The fraction of sp³-hybridized carbons (Fsp3) is 0.929. The molecule has 3 heteroatoms. The maximum Gasteiger partial charge on any atom is 0.311 e. The van der Waals surface area contributed by atoms with Gasteiger partial charge in [-0.25, -0.2) is 0 Å². The second kappa shape index (κ2) is 4.97. The van der Waals surface area contributed by atoms with Gasteiger partial charge in [0.25, 0.3) is 0 Å². The number of hydrogen-bond acceptors (Lipinski definition) is 2. The summed E-state index contributed by atoms with van der Waals surface area (Å²) < 4.78 is 0. The minimum atomic E-state index is -0.592. The molecule has 1 unspecified atom stereocenters. The molecule has 1 aliphatic carbocycles. The zero-order valence-corrected chi connectivity index (χ0v) is 11.1. The Kier molecular flexibility index (Phi) is 3.76. The molecule has 1 saturated heterocycles. The molecule has 0 aromatic carbocycles. The molecule has 0 aromatic rings. The van der Waals surface area contributed by atoms with Crippen molar-refractivity contribution in [3.63, 3.8) is 0 Å². The van der Waals surface area contributed by atoms with E-state index in [1.54, 1.807) is 0 Å². The summed E-state index contributed by atoms with van der Waals surface area (Å²) >= 11 is 0. The maximum atomic E-state index is 11.6. The monoisotopic (exact) mass is 239 g/mol. The Morgan fingerprint density at radius 2 is 1.94 bits per heavy atom. The van der Waals surface area contributed by atoms with E-state index in [0.29, 0.717) is 6.04 Å². The lowest BCUT2D eigenvalue weighted by Gasteiger charge is -2.34. The quantitative estimate of drug-likeness (QED) is 0.823. The summed E-state index contributed by atoms with van der Waals surface area (Å²) in [6, 6.07) is 0.656. The highest BCUT2D eigenvalue weighted by molar-refractivity contribution is 5.75. The summed E-state index contributed by atoms with van der Waals surface area (Å²) in [4.78, 5) is 14.0. The van der Waals surface area contributed by atoms with Gasteiger partial charge in [0.2, 0.25) is 0 Å². The van der Waals surface area contributed by atoms with Crippen LogP contribution >= 0.6 is 0 Å². The van der Waals surface area contributed by atoms with Crippen LogP contribution in [0.4, 0.5) is 0 Å². The Bertz CT molecular complexity index is 284. The normalized spacial score (nSPS) is 32.2. The lowest BCUT2D eigenvalue weighted by Crippen LogP contribution is -2.42. The molecule has 1 saturated carbocycles. The first-order valence-corrected chi connectivity index (χ1v) is 7.04. The SMILES string of the molecule is CC(C)C1(C(=O)O)CCN(C2CCCCC2)C1. The van der Waals surface area contributed by atoms with E-state index in [-0.39, 0.29) is 5.92 Å². The van der Waals surface area contributed by atoms with Crippen LogP contribution in [-0.4, -0.2) is 35.1 Å². The second-order valence-corrected chi connectivity index (χ2v) is 6.13. The average Bonchev–Trinajstić information content (AvgIpc) is 2.76. The molecule has 2 fully saturated rings. The van der Waals surface area contributed by atoms with Crippen LogP contribution in [0.1, 0.15) is 52.4 Å². The van der Waals surface area contributed by atoms with E-state index in [2.05, 4.69) is 18.7 Å². The zero-order valence-electron chi connectivity index (χ0n) is 11.1. The number of hydrogen-bond donors (Lipinski definition) is 1. The highest BCUT2D eigenvalue weighted by Crippen LogP contribution is 2.40. The average molecular weight is 239 g/mol. The van der Waals surface area contributed by atoms with Crippen LogP contribution < -0.4 is 0 Å². The number of carbonyl (C=O) groups is 1. The molecule has 1 atom stereocenters. The predicted octanol–water partition coefficient (Wildman–Crippen LogP) is 2.75. The van der Waals surface area contributed by atoms with Crippen LogP contribution in [0.3, 0.4) is 0 Å². The van der Waals surface area contributed by atoms with E-state index in [0.717, 1.165) is 19.5 Å². The van der Waals surface area contributed by atoms with Gasteiger partial charge in [-0.15, -0.1) is 0 Å². The molecule has 1 N–H and O–H groups in total. The summed E-state index contributed by atoms with van der Waals surface area (Å²) in [5.74, 6) is -0.362. The Hall–Kier alpha value is -0.570. The van der Waals surface area contributed by atoms with Crippen molar-refractivity contribution < 1.29 is 9.90 Å². The van der Waals surface area contributed by atoms with Gasteiger partial charge in [0.05, 0.1) is 5.41 Å². The molecule has 0 amide bonds. The van der Waals surface area contributed by atoms with Gasteiger partial charge >= 0.3 is 5.97 Å². The van der Waals surface area contributed by atoms with Crippen molar-refractivity contribution in [2.75, 3.05) is 13.1 Å². The van der Waals surface area contributed by atoms with Gasteiger partial charge in [0, 0.05) is 12.6 Å². The molecule has 0 aromatic heterocycles. The van der Waals surface area contributed by atoms with Gasteiger partial charge in [-0.3, -0.25) is 9.69 Å². The third kappa shape index (κ3) is 2.35. The summed E-state index contributed by atoms with van der Waals surface area (Å²) in [6.07, 6.45) is 7.38. The molecule has 2 rings (SSSR count). The first-order valence-electron chi connectivity index (χ1n) is 7.04. The maximum absolute atomic E-state index is 11.6. The van der Waals surface area contributed by atoms with Crippen LogP contribution in [0.15, 0.2) is 0 Å². The first kappa shape index (κ1) is 12.9. The molecular weight excluding hydrogens is 214 g/mol. The van der Waals surface area contributed by atoms with E-state index in [4.69, 9.17) is 0 Å². The molecule has 0 bridgehead atoms. The standard InChI is InChI=1S/C14H25NO2/c1-11(2)14(13(16)17)8-9-15(10-14)12-6-4-3-5-7-12/h11-12H,3-10H2,1-2H3,(H,16,17). The topological polar surface area (TPSA) is 40.5 Å². The molecular formula is C14H25NO2. The Labute approximate surface area is 104 Å². The summed E-state index contributed by atoms with van der Waals surface area (Å²) in [6.45, 7) is 5.86. The fourth-order valence-corrected chi connectivity index (χ4v) is 3.51. The van der Waals surface area contributed by atoms with Gasteiger partial charge in [-0.05, 0) is 31.7 Å². The van der Waals surface area contributed by atoms with Gasteiger partial charge in [0.1, 0.15) is 0 Å². The molecule has 3 nitrogen and oxygen atoms in total. The number of aliphatic carboxylic acids is 1. The van der Waals surface area contributed by atoms with Crippen LogP contribution in [0.2, 0.25) is 0 Å². The van der Waals surface area contributed by atoms with Gasteiger partial charge in [0.15, 0.2) is 0 Å². The minimum absolute atomic E-state index is 0.230. The number of carboxylic acid groups (broad SMARTS) is 1. The number of likely N-dealkylation sites (tertiary alicyclic amines) is 1.